The fraction of sp³-hybridized carbons (Fsp3) is 0.370. The molecule has 0 saturated carbocycles. The molecule has 190 valence electrons. The van der Waals surface area contributed by atoms with Crippen molar-refractivity contribution in [2.45, 2.75) is 53.4 Å². The molecule has 0 saturated heterocycles. The molecular formula is C27H32N4O5. The fourth-order valence-corrected chi connectivity index (χ4v) is 3.99. The third-order valence-electron chi connectivity index (χ3n) is 6.12. The summed E-state index contributed by atoms with van der Waals surface area (Å²) >= 11 is 0. The molecule has 0 fully saturated rings. The lowest BCUT2D eigenvalue weighted by molar-refractivity contribution is -0.385. The number of aryl methyl sites for hydroxylation is 2. The number of carbonyl (C=O) groups is 2. The van der Waals surface area contributed by atoms with Crippen LogP contribution in [0.3, 0.4) is 0 Å². The van der Waals surface area contributed by atoms with E-state index in [1.807, 2.05) is 39.8 Å². The Bertz CT molecular complexity index is 1340. The van der Waals surface area contributed by atoms with Gasteiger partial charge in [0.2, 0.25) is 0 Å². The molecule has 1 heterocycles. The van der Waals surface area contributed by atoms with Gasteiger partial charge >= 0.3 is 0 Å². The second-order valence-electron chi connectivity index (χ2n) is 9.29. The van der Waals surface area contributed by atoms with E-state index in [9.17, 15) is 24.5 Å². The van der Waals surface area contributed by atoms with Crippen LogP contribution in [0.25, 0.3) is 5.69 Å². The van der Waals surface area contributed by atoms with Crippen molar-refractivity contribution in [3.63, 3.8) is 0 Å². The van der Waals surface area contributed by atoms with Gasteiger partial charge in [-0.2, -0.15) is 0 Å². The Morgan fingerprint density at radius 3 is 2.36 bits per heavy atom. The first-order valence-corrected chi connectivity index (χ1v) is 12.0. The molecule has 2 aromatic carbocycles. The van der Waals surface area contributed by atoms with Crippen molar-refractivity contribution in [2.24, 2.45) is 0 Å². The Morgan fingerprint density at radius 2 is 1.78 bits per heavy atom. The van der Waals surface area contributed by atoms with Crippen molar-refractivity contribution in [3.05, 3.63) is 90.9 Å². The van der Waals surface area contributed by atoms with E-state index in [1.54, 1.807) is 19.1 Å². The Labute approximate surface area is 209 Å². The highest BCUT2D eigenvalue weighted by atomic mass is 16.6. The lowest BCUT2D eigenvalue weighted by atomic mass is 10.0. The minimum Gasteiger partial charge on any atom is -0.331 e. The van der Waals surface area contributed by atoms with Gasteiger partial charge in [0.15, 0.2) is 5.78 Å². The Hall–Kier alpha value is -4.01. The summed E-state index contributed by atoms with van der Waals surface area (Å²) in [5, 5.41) is 14.4. The van der Waals surface area contributed by atoms with Crippen molar-refractivity contribution in [1.82, 2.24) is 14.7 Å². The minimum absolute atomic E-state index is 0.0229. The van der Waals surface area contributed by atoms with E-state index in [0.717, 1.165) is 12.0 Å². The van der Waals surface area contributed by atoms with Crippen molar-refractivity contribution >= 4 is 17.4 Å². The second-order valence-corrected chi connectivity index (χ2v) is 9.29. The Kier molecular flexibility index (Phi) is 8.24. The van der Waals surface area contributed by atoms with E-state index in [0.29, 0.717) is 23.4 Å². The van der Waals surface area contributed by atoms with E-state index in [1.165, 1.54) is 27.8 Å². The third kappa shape index (κ3) is 5.62. The van der Waals surface area contributed by atoms with Crippen LogP contribution in [-0.2, 0) is 0 Å². The molecule has 0 aliphatic carbocycles. The van der Waals surface area contributed by atoms with Gasteiger partial charge in [-0.3, -0.25) is 29.6 Å². The summed E-state index contributed by atoms with van der Waals surface area (Å²) in [5.41, 5.74) is 2.12. The monoisotopic (exact) mass is 492 g/mol. The van der Waals surface area contributed by atoms with Crippen LogP contribution < -0.4 is 5.56 Å². The highest BCUT2D eigenvalue weighted by molar-refractivity contribution is 6.03. The number of nitrogens with zero attached hydrogens (tertiary/aromatic N) is 3. The lowest BCUT2D eigenvalue weighted by Crippen LogP contribution is -2.38. The van der Waals surface area contributed by atoms with E-state index >= 15 is 0 Å². The van der Waals surface area contributed by atoms with Crippen LogP contribution in [0.5, 0.6) is 0 Å². The van der Waals surface area contributed by atoms with Gasteiger partial charge in [-0.05, 0) is 44.4 Å². The number of H-pyrrole nitrogens is 1. The van der Waals surface area contributed by atoms with Crippen LogP contribution in [-0.4, -0.2) is 44.4 Å². The molecule has 0 radical (unpaired) electrons. The number of nitro groups is 1. The molecule has 9 nitrogen and oxygen atoms in total. The standard InChI is InChI=1S/C27H32N4O5/c1-6-7-14-29(26(33)20-11-10-19(5)22(15-20)31(35)36)16-23(32)24-25(17(2)3)28-30(27(24)34)21-12-8-18(4)9-13-21/h8-13,15,17,28H,6-7,14,16H2,1-5H3. The molecule has 0 bridgehead atoms. The maximum Gasteiger partial charge on any atom is 0.282 e. The molecule has 3 aromatic rings. The zero-order valence-corrected chi connectivity index (χ0v) is 21.3. The van der Waals surface area contributed by atoms with Crippen LogP contribution in [0, 0.1) is 24.0 Å². The summed E-state index contributed by atoms with van der Waals surface area (Å²) in [4.78, 5) is 52.4. The number of nitrogens with one attached hydrogen (secondary N) is 1. The summed E-state index contributed by atoms with van der Waals surface area (Å²) in [7, 11) is 0. The van der Waals surface area contributed by atoms with Gasteiger partial charge in [0.25, 0.3) is 17.2 Å². The molecule has 0 aliphatic heterocycles. The first-order valence-electron chi connectivity index (χ1n) is 12.0. The van der Waals surface area contributed by atoms with Gasteiger partial charge in [0, 0.05) is 23.7 Å². The quantitative estimate of drug-likeness (QED) is 0.244. The van der Waals surface area contributed by atoms with Gasteiger partial charge < -0.3 is 4.90 Å². The molecular weight excluding hydrogens is 460 g/mol. The average Bonchev–Trinajstić information content (AvgIpc) is 3.19. The van der Waals surface area contributed by atoms with Gasteiger partial charge in [0.1, 0.15) is 5.56 Å². The number of rotatable bonds is 10. The predicted octanol–water partition coefficient (Wildman–Crippen LogP) is 4.94. The molecule has 0 spiro atoms. The smallest absolute Gasteiger partial charge is 0.282 e. The predicted molar refractivity (Wildman–Crippen MR) is 138 cm³/mol. The van der Waals surface area contributed by atoms with Gasteiger partial charge in [-0.25, -0.2) is 4.68 Å². The minimum atomic E-state index is -0.532. The lowest BCUT2D eigenvalue weighted by Gasteiger charge is -2.22. The maximum atomic E-state index is 13.5. The van der Waals surface area contributed by atoms with Gasteiger partial charge in [0.05, 0.1) is 22.8 Å². The van der Waals surface area contributed by atoms with E-state index < -0.39 is 22.2 Å². The zero-order valence-electron chi connectivity index (χ0n) is 21.3. The summed E-state index contributed by atoms with van der Waals surface area (Å²) in [6, 6.07) is 11.6. The largest absolute Gasteiger partial charge is 0.331 e. The van der Waals surface area contributed by atoms with Crippen molar-refractivity contribution in [1.29, 1.82) is 0 Å². The van der Waals surface area contributed by atoms with Crippen molar-refractivity contribution in [3.8, 4) is 5.69 Å². The molecule has 0 atom stereocenters. The summed E-state index contributed by atoms with van der Waals surface area (Å²) < 4.78 is 1.35. The molecule has 9 heteroatoms. The Morgan fingerprint density at radius 1 is 1.11 bits per heavy atom. The Balaban J connectivity index is 1.98. The normalized spacial score (nSPS) is 11.1. The topological polar surface area (TPSA) is 118 Å². The number of benzene rings is 2. The number of hydrogen-bond donors (Lipinski definition) is 1. The zero-order chi connectivity index (χ0) is 26.6. The van der Waals surface area contributed by atoms with Crippen LogP contribution in [0.15, 0.2) is 47.3 Å². The summed E-state index contributed by atoms with van der Waals surface area (Å²) in [5.74, 6) is -1.10. The van der Waals surface area contributed by atoms with Gasteiger partial charge in [-0.1, -0.05) is 51.0 Å². The van der Waals surface area contributed by atoms with E-state index in [4.69, 9.17) is 0 Å². The second kappa shape index (κ2) is 11.2. The van der Waals surface area contributed by atoms with Crippen LogP contribution in [0.4, 0.5) is 5.69 Å². The van der Waals surface area contributed by atoms with Crippen LogP contribution in [0.2, 0.25) is 0 Å². The number of carbonyl (C=O) groups excluding carboxylic acids is 2. The summed E-state index contributed by atoms with van der Waals surface area (Å²) in [6.07, 6.45) is 1.43. The molecule has 0 unspecified atom stereocenters. The third-order valence-corrected chi connectivity index (χ3v) is 6.12. The molecule has 0 aliphatic rings. The van der Waals surface area contributed by atoms with Crippen LogP contribution in [0.1, 0.15) is 77.1 Å². The number of ketones is 1. The molecule has 1 aromatic heterocycles. The van der Waals surface area contributed by atoms with Crippen LogP contribution >= 0.6 is 0 Å². The van der Waals surface area contributed by atoms with Crippen molar-refractivity contribution in [2.75, 3.05) is 13.1 Å². The highest BCUT2D eigenvalue weighted by Gasteiger charge is 2.27. The number of unbranched alkanes of at least 4 members (excludes halogenated alkanes) is 1. The number of aromatic nitrogens is 2. The number of amides is 1. The molecule has 36 heavy (non-hydrogen) atoms. The first-order chi connectivity index (χ1) is 17.0. The van der Waals surface area contributed by atoms with Crippen molar-refractivity contribution < 1.29 is 14.5 Å². The number of Topliss-reactive ketones (excluding diaryl/α,β-unsaturated/α-hetero) is 1. The number of hydrogen-bond acceptors (Lipinski definition) is 5. The molecule has 1 amide bonds. The fourth-order valence-electron chi connectivity index (χ4n) is 3.99. The number of aromatic amines is 1. The highest BCUT2D eigenvalue weighted by Crippen LogP contribution is 2.22. The average molecular weight is 493 g/mol. The molecule has 1 N–H and O–H groups in total. The van der Waals surface area contributed by atoms with E-state index in [-0.39, 0.29) is 35.8 Å². The SMILES string of the molecule is CCCCN(CC(=O)c1c(C(C)C)[nH]n(-c2ccc(C)cc2)c1=O)C(=O)c1ccc(C)c([N+](=O)[O-])c1. The van der Waals surface area contributed by atoms with E-state index in [2.05, 4.69) is 5.10 Å². The number of nitro benzene ring substituents is 1. The molecule has 3 rings (SSSR count). The summed E-state index contributed by atoms with van der Waals surface area (Å²) in [6.45, 7) is 9.26. The maximum absolute atomic E-state index is 13.5. The first kappa shape index (κ1) is 26.6. The van der Waals surface area contributed by atoms with Gasteiger partial charge in [-0.15, -0.1) is 0 Å².